The molecule has 2 heterocycles. The van der Waals surface area contributed by atoms with Crippen LogP contribution in [-0.2, 0) is 15.0 Å². The maximum atomic E-state index is 12.4. The van der Waals surface area contributed by atoms with Crippen LogP contribution in [0.25, 0.3) is 16.7 Å². The molecule has 12 heteroatoms. The Hall–Kier alpha value is -2.07. The number of nitrogens with zero attached hydrogens (tertiary/aromatic N) is 4. The average Bonchev–Trinajstić information content (AvgIpc) is 3.05. The Bertz CT molecular complexity index is 1190. The van der Waals surface area contributed by atoms with Crippen LogP contribution in [0.1, 0.15) is 37.7 Å². The molecule has 0 amide bonds. The summed E-state index contributed by atoms with van der Waals surface area (Å²) in [5.41, 5.74) is -1.90. The lowest BCUT2D eigenvalue weighted by Crippen LogP contribution is -2.45. The molecule has 0 radical (unpaired) electrons. The predicted molar refractivity (Wildman–Crippen MR) is 125 cm³/mol. The number of aliphatic carboxylic acids is 2. The molecule has 0 aliphatic rings. The third kappa shape index (κ3) is 4.03. The van der Waals surface area contributed by atoms with Crippen molar-refractivity contribution in [2.45, 2.75) is 43.6 Å². The number of fused-ring (bicyclic) bond motifs is 1. The summed E-state index contributed by atoms with van der Waals surface area (Å²) in [5.74, 6) is -2.81. The Morgan fingerprint density at radius 2 is 1.72 bits per heavy atom. The summed E-state index contributed by atoms with van der Waals surface area (Å²) in [7, 11) is 0. The summed E-state index contributed by atoms with van der Waals surface area (Å²) in [6.45, 7) is 3.41. The molecule has 1 aromatic carbocycles. The van der Waals surface area contributed by atoms with Crippen LogP contribution in [0.3, 0.4) is 0 Å². The van der Waals surface area contributed by atoms with Gasteiger partial charge in [0.1, 0.15) is 16.5 Å². The quantitative estimate of drug-likeness (QED) is 0.301. The van der Waals surface area contributed by atoms with Gasteiger partial charge in [0.05, 0.1) is 21.1 Å². The number of rotatable bonds is 8. The maximum Gasteiger partial charge on any atom is 0.327 e. The van der Waals surface area contributed by atoms with Gasteiger partial charge in [-0.2, -0.15) is 5.10 Å². The third-order valence-corrected chi connectivity index (χ3v) is 6.50. The molecule has 0 unspecified atom stereocenters. The van der Waals surface area contributed by atoms with Crippen molar-refractivity contribution in [1.82, 2.24) is 19.7 Å². The van der Waals surface area contributed by atoms with Gasteiger partial charge in [0.25, 0.3) is 0 Å². The molecular formula is C20H19Cl3N4O4S. The Balaban J connectivity index is 2.48. The van der Waals surface area contributed by atoms with E-state index in [4.69, 9.17) is 34.8 Å². The molecule has 0 bridgehead atoms. The number of thioether (sulfide) groups is 1. The topological polar surface area (TPSA) is 118 Å². The third-order valence-electron chi connectivity index (χ3n) is 5.03. The molecule has 0 spiro atoms. The largest absolute Gasteiger partial charge is 0.480 e. The fourth-order valence-corrected chi connectivity index (χ4v) is 5.04. The minimum Gasteiger partial charge on any atom is -0.480 e. The molecule has 2 aromatic heterocycles. The number of hydrogen-bond donors (Lipinski definition) is 2. The second kappa shape index (κ2) is 9.43. The predicted octanol–water partition coefficient (Wildman–Crippen LogP) is 5.40. The van der Waals surface area contributed by atoms with E-state index in [0.29, 0.717) is 22.9 Å². The Morgan fingerprint density at radius 1 is 1.12 bits per heavy atom. The van der Waals surface area contributed by atoms with Crippen LogP contribution in [0.5, 0.6) is 0 Å². The Labute approximate surface area is 202 Å². The number of carbonyl (C=O) groups is 2. The van der Waals surface area contributed by atoms with Crippen LogP contribution >= 0.6 is 46.6 Å². The summed E-state index contributed by atoms with van der Waals surface area (Å²) in [4.78, 5) is 33.6. The van der Waals surface area contributed by atoms with Crippen LogP contribution < -0.4 is 0 Å². The van der Waals surface area contributed by atoms with Gasteiger partial charge in [-0.15, -0.1) is 11.8 Å². The minimum absolute atomic E-state index is 0.120. The van der Waals surface area contributed by atoms with Crippen molar-refractivity contribution in [2.75, 3.05) is 6.26 Å². The number of aryl methyl sites for hydroxylation is 1. The second-order valence-electron chi connectivity index (χ2n) is 7.08. The van der Waals surface area contributed by atoms with E-state index in [0.717, 1.165) is 0 Å². The second-order valence-corrected chi connectivity index (χ2v) is 9.12. The average molecular weight is 518 g/mol. The molecule has 32 heavy (non-hydrogen) atoms. The summed E-state index contributed by atoms with van der Waals surface area (Å²) in [6, 6.07) is 2.98. The standard InChI is InChI=1S/C20H19Cl3N4O4S/c1-4-5-6-20(18(28)29,19(30)31)15-13-16(25-9(2)24-15)27(26-17(13)32-3)14-11(22)7-10(21)8-12(14)23/h7-8H,4-6H2,1-3H3,(H,28,29)(H,30,31). The number of carboxylic acids is 2. The van der Waals surface area contributed by atoms with Crippen molar-refractivity contribution >= 4 is 69.5 Å². The first-order chi connectivity index (χ1) is 15.1. The first-order valence-corrected chi connectivity index (χ1v) is 11.9. The first kappa shape index (κ1) is 24.6. The van der Waals surface area contributed by atoms with E-state index in [2.05, 4.69) is 15.1 Å². The van der Waals surface area contributed by atoms with Crippen molar-refractivity contribution in [3.63, 3.8) is 0 Å². The van der Waals surface area contributed by atoms with Crippen molar-refractivity contribution in [3.8, 4) is 5.69 Å². The van der Waals surface area contributed by atoms with E-state index in [-0.39, 0.29) is 44.7 Å². The van der Waals surface area contributed by atoms with Gasteiger partial charge in [0, 0.05) is 5.02 Å². The van der Waals surface area contributed by atoms with Crippen LogP contribution in [0.2, 0.25) is 15.1 Å². The lowest BCUT2D eigenvalue weighted by molar-refractivity contribution is -0.158. The van der Waals surface area contributed by atoms with Gasteiger partial charge in [-0.25, -0.2) is 14.6 Å². The Morgan fingerprint density at radius 3 is 2.22 bits per heavy atom. The SMILES string of the molecule is CCCCC(C(=O)O)(C(=O)O)c1nc(C)nc2c1c(SC)nn2-c1c(Cl)cc(Cl)cc1Cl. The molecule has 0 fully saturated rings. The zero-order chi connectivity index (χ0) is 23.8. The van der Waals surface area contributed by atoms with E-state index in [1.165, 1.54) is 28.6 Å². The highest BCUT2D eigenvalue weighted by atomic mass is 35.5. The summed E-state index contributed by atoms with van der Waals surface area (Å²) in [6.07, 6.45) is 2.58. The van der Waals surface area contributed by atoms with Gasteiger partial charge in [-0.3, -0.25) is 9.59 Å². The molecule has 2 N–H and O–H groups in total. The molecule has 0 aliphatic heterocycles. The molecule has 3 rings (SSSR count). The van der Waals surface area contributed by atoms with Gasteiger partial charge in [0.2, 0.25) is 5.41 Å². The highest BCUT2D eigenvalue weighted by Crippen LogP contribution is 2.41. The highest BCUT2D eigenvalue weighted by molar-refractivity contribution is 7.98. The van der Waals surface area contributed by atoms with Crippen LogP contribution in [0, 0.1) is 6.92 Å². The summed E-state index contributed by atoms with van der Waals surface area (Å²) >= 11 is 20.0. The number of aromatic nitrogens is 4. The van der Waals surface area contributed by atoms with Gasteiger partial charge in [-0.1, -0.05) is 54.6 Å². The van der Waals surface area contributed by atoms with E-state index < -0.39 is 17.4 Å². The van der Waals surface area contributed by atoms with Gasteiger partial charge < -0.3 is 10.2 Å². The van der Waals surface area contributed by atoms with E-state index in [9.17, 15) is 19.8 Å². The fourth-order valence-electron chi connectivity index (χ4n) is 3.51. The normalized spacial score (nSPS) is 11.8. The zero-order valence-electron chi connectivity index (χ0n) is 17.3. The van der Waals surface area contributed by atoms with E-state index in [1.807, 2.05) is 6.92 Å². The van der Waals surface area contributed by atoms with Gasteiger partial charge in [-0.05, 0) is 31.7 Å². The van der Waals surface area contributed by atoms with Crippen LogP contribution in [-0.4, -0.2) is 48.2 Å². The molecule has 0 aliphatic carbocycles. The molecule has 0 saturated heterocycles. The highest BCUT2D eigenvalue weighted by Gasteiger charge is 2.51. The summed E-state index contributed by atoms with van der Waals surface area (Å²) < 4.78 is 1.37. The number of carboxylic acid groups (broad SMARTS) is 2. The molecule has 0 atom stereocenters. The zero-order valence-corrected chi connectivity index (χ0v) is 20.4. The smallest absolute Gasteiger partial charge is 0.327 e. The molecule has 3 aromatic rings. The van der Waals surface area contributed by atoms with E-state index in [1.54, 1.807) is 13.2 Å². The van der Waals surface area contributed by atoms with Gasteiger partial charge in [0.15, 0.2) is 5.65 Å². The summed E-state index contributed by atoms with van der Waals surface area (Å²) in [5, 5.41) is 26.0. The lowest BCUT2D eigenvalue weighted by Gasteiger charge is -2.25. The monoisotopic (exact) mass is 516 g/mol. The molecule has 8 nitrogen and oxygen atoms in total. The molecule has 0 saturated carbocycles. The van der Waals surface area contributed by atoms with Crippen LogP contribution in [0.15, 0.2) is 17.2 Å². The minimum atomic E-state index is -2.27. The van der Waals surface area contributed by atoms with Crippen LogP contribution in [0.4, 0.5) is 0 Å². The van der Waals surface area contributed by atoms with Crippen molar-refractivity contribution < 1.29 is 19.8 Å². The number of benzene rings is 1. The van der Waals surface area contributed by atoms with Crippen molar-refractivity contribution in [1.29, 1.82) is 0 Å². The molecule has 170 valence electrons. The fraction of sp³-hybridized carbons (Fsp3) is 0.350. The number of halogens is 3. The number of unbranched alkanes of at least 4 members (excludes halogenated alkanes) is 1. The van der Waals surface area contributed by atoms with E-state index >= 15 is 0 Å². The first-order valence-electron chi connectivity index (χ1n) is 9.52. The van der Waals surface area contributed by atoms with Gasteiger partial charge >= 0.3 is 11.9 Å². The lowest BCUT2D eigenvalue weighted by atomic mass is 9.78. The Kier molecular flexibility index (Phi) is 7.24. The number of hydrogen-bond acceptors (Lipinski definition) is 6. The van der Waals surface area contributed by atoms with Crippen molar-refractivity contribution in [3.05, 3.63) is 38.7 Å². The molecular weight excluding hydrogens is 499 g/mol. The van der Waals surface area contributed by atoms with Crippen molar-refractivity contribution in [2.24, 2.45) is 0 Å². The maximum absolute atomic E-state index is 12.4.